The molecule has 0 N–H and O–H groups in total. The quantitative estimate of drug-likeness (QED) is 0.0934. The van der Waals surface area contributed by atoms with Crippen LogP contribution in [0.5, 0.6) is 0 Å². The predicted octanol–water partition coefficient (Wildman–Crippen LogP) is 22.4. The van der Waals surface area contributed by atoms with Crippen LogP contribution in [-0.4, -0.2) is 11.3 Å². The van der Waals surface area contributed by atoms with Gasteiger partial charge in [0.25, 0.3) is 6.71 Å². The first-order valence-electron chi connectivity index (χ1n) is 32.8. The van der Waals surface area contributed by atoms with Crippen LogP contribution in [0.1, 0.15) is 79.0 Å². The second-order valence-corrected chi connectivity index (χ2v) is 28.8. The predicted molar refractivity (Wildman–Crippen MR) is 397 cm³/mol. The normalized spacial score (nSPS) is 13.2. The first-order chi connectivity index (χ1) is 44.6. The summed E-state index contributed by atoms with van der Waals surface area (Å²) in [6.07, 6.45) is 0. The molecular weight excluding hydrogens is 1110 g/mol. The zero-order chi connectivity index (χ0) is 62.5. The van der Waals surface area contributed by atoms with Crippen LogP contribution >= 0.6 is 0 Å². The minimum Gasteiger partial charge on any atom is -0.311 e. The molecule has 92 heavy (non-hydrogen) atoms. The van der Waals surface area contributed by atoms with Gasteiger partial charge in [0.05, 0.1) is 16.7 Å². The van der Waals surface area contributed by atoms with Gasteiger partial charge in [0.15, 0.2) is 0 Å². The fourth-order valence-electron chi connectivity index (χ4n) is 15.6. The van der Waals surface area contributed by atoms with E-state index in [4.69, 9.17) is 0 Å². The third-order valence-corrected chi connectivity index (χ3v) is 20.2. The van der Waals surface area contributed by atoms with Crippen molar-refractivity contribution >= 4 is 122 Å². The van der Waals surface area contributed by atoms with Crippen molar-refractivity contribution in [3.05, 3.63) is 290 Å². The van der Waals surface area contributed by atoms with Crippen molar-refractivity contribution in [2.45, 2.75) is 78.6 Å². The van der Waals surface area contributed by atoms with E-state index in [1.807, 2.05) is 0 Å². The largest absolute Gasteiger partial charge is 0.311 e. The molecular formula is C88H72BN3. The van der Waals surface area contributed by atoms with E-state index < -0.39 is 0 Å². The summed E-state index contributed by atoms with van der Waals surface area (Å²) >= 11 is 0. The lowest BCUT2D eigenvalue weighted by molar-refractivity contribution is 0.590. The first kappa shape index (κ1) is 55.6. The second kappa shape index (κ2) is 20.6. The number of nitrogens with zero attached hydrogens (tertiary/aromatic N) is 3. The van der Waals surface area contributed by atoms with Gasteiger partial charge in [-0.15, -0.1) is 0 Å². The number of anilines is 6. The highest BCUT2D eigenvalue weighted by molar-refractivity contribution is 7.00. The third-order valence-electron chi connectivity index (χ3n) is 20.2. The number of benzene rings is 14. The summed E-state index contributed by atoms with van der Waals surface area (Å²) in [5.41, 5.74) is 25.3. The molecule has 2 aliphatic rings. The molecule has 0 atom stereocenters. The number of rotatable bonds is 6. The molecule has 0 bridgehead atoms. The Morgan fingerprint density at radius 2 is 0.750 bits per heavy atom. The van der Waals surface area contributed by atoms with E-state index in [-0.39, 0.29) is 23.0 Å². The van der Waals surface area contributed by atoms with Gasteiger partial charge in [-0.05, 0) is 193 Å². The van der Waals surface area contributed by atoms with Gasteiger partial charge in [0, 0.05) is 50.5 Å². The topological polar surface area (TPSA) is 11.4 Å². The summed E-state index contributed by atoms with van der Waals surface area (Å²) < 4.78 is 2.48. The molecule has 0 amide bonds. The zero-order valence-electron chi connectivity index (χ0n) is 53.9. The minimum atomic E-state index is -0.226. The van der Waals surface area contributed by atoms with E-state index in [1.165, 1.54) is 154 Å². The number of fused-ring (bicyclic) bond motifs is 12. The summed E-state index contributed by atoms with van der Waals surface area (Å²) in [4.78, 5) is 5.29. The van der Waals surface area contributed by atoms with Gasteiger partial charge in [0.2, 0.25) is 0 Å². The maximum absolute atomic E-state index is 2.68. The average Bonchev–Trinajstić information content (AvgIpc) is 1.19. The molecule has 4 heteroatoms. The lowest BCUT2D eigenvalue weighted by Crippen LogP contribution is -2.61. The molecule has 0 aliphatic carbocycles. The Labute approximate surface area is 540 Å². The number of hydrogen-bond donors (Lipinski definition) is 0. The molecule has 1 aromatic heterocycles. The molecule has 3 nitrogen and oxygen atoms in total. The first-order valence-corrected chi connectivity index (χ1v) is 32.8. The monoisotopic (exact) mass is 1180 g/mol. The molecule has 15 aromatic rings. The van der Waals surface area contributed by atoms with Crippen LogP contribution < -0.4 is 26.2 Å². The molecule has 0 spiro atoms. The number of hydrogen-bond acceptors (Lipinski definition) is 2. The third kappa shape index (κ3) is 8.63. The van der Waals surface area contributed by atoms with Crippen LogP contribution in [0.2, 0.25) is 0 Å². The van der Waals surface area contributed by atoms with Crippen LogP contribution in [0.3, 0.4) is 0 Å². The maximum atomic E-state index is 2.68. The van der Waals surface area contributed by atoms with Gasteiger partial charge in [-0.1, -0.05) is 263 Å². The minimum absolute atomic E-state index is 0.0206. The molecule has 0 saturated carbocycles. The van der Waals surface area contributed by atoms with Crippen LogP contribution in [0, 0.1) is 0 Å². The van der Waals surface area contributed by atoms with Gasteiger partial charge in [-0.3, -0.25) is 0 Å². The Hall–Kier alpha value is -10.4. The van der Waals surface area contributed by atoms with E-state index in [9.17, 15) is 0 Å². The number of aromatic nitrogens is 1. The number of para-hydroxylation sites is 2. The highest BCUT2D eigenvalue weighted by Gasteiger charge is 2.45. The summed E-state index contributed by atoms with van der Waals surface area (Å²) in [7, 11) is 0. The van der Waals surface area contributed by atoms with E-state index in [2.05, 4.69) is 350 Å². The van der Waals surface area contributed by atoms with Gasteiger partial charge < -0.3 is 14.4 Å². The van der Waals surface area contributed by atoms with Crippen molar-refractivity contribution in [3.63, 3.8) is 0 Å². The lowest BCUT2D eigenvalue weighted by atomic mass is 9.33. The summed E-state index contributed by atoms with van der Waals surface area (Å²) in [5, 5.41) is 12.5. The highest BCUT2D eigenvalue weighted by Crippen LogP contribution is 2.52. The Morgan fingerprint density at radius 1 is 0.272 bits per heavy atom. The van der Waals surface area contributed by atoms with Gasteiger partial charge in [-0.2, -0.15) is 0 Å². The Morgan fingerprint density at radius 3 is 1.36 bits per heavy atom. The van der Waals surface area contributed by atoms with Crippen LogP contribution in [-0.2, 0) is 16.2 Å². The average molecular weight is 1180 g/mol. The highest BCUT2D eigenvalue weighted by atomic mass is 15.2. The van der Waals surface area contributed by atoms with Crippen molar-refractivity contribution in [2.75, 3.05) is 9.80 Å². The van der Waals surface area contributed by atoms with Crippen LogP contribution in [0.4, 0.5) is 34.1 Å². The van der Waals surface area contributed by atoms with Gasteiger partial charge in [0.1, 0.15) is 0 Å². The van der Waals surface area contributed by atoms with Gasteiger partial charge >= 0.3 is 0 Å². The van der Waals surface area contributed by atoms with Crippen LogP contribution in [0.15, 0.2) is 273 Å². The van der Waals surface area contributed by atoms with Crippen molar-refractivity contribution in [3.8, 4) is 39.1 Å². The molecule has 0 unspecified atom stereocenters. The van der Waals surface area contributed by atoms with Crippen molar-refractivity contribution in [1.82, 2.24) is 4.57 Å². The van der Waals surface area contributed by atoms with Crippen molar-refractivity contribution in [1.29, 1.82) is 0 Å². The van der Waals surface area contributed by atoms with Crippen molar-refractivity contribution < 1.29 is 0 Å². The SMILES string of the molecule is CC(C)(C)c1ccc(N2c3cc(-n4c5ccccc5c5ccccc54)ccc3B3c4ccc(-c5c6ccccc6c(-c6cc7ccccc7c7ccccc67)c6ccccc56)cc4N(c4ccc(C(C)(C)C)cc4-c4ccccc4)c4cc(C(C)(C)C)cc2c43)cc1. The zero-order valence-corrected chi connectivity index (χ0v) is 53.9. The van der Waals surface area contributed by atoms with E-state index >= 15 is 0 Å². The van der Waals surface area contributed by atoms with E-state index in [0.29, 0.717) is 0 Å². The summed E-state index contributed by atoms with van der Waals surface area (Å²) in [5.74, 6) is 0. The maximum Gasteiger partial charge on any atom is 0.252 e. The standard InChI is InChI=1S/C88H72BN3/c1-86(2,3)58-40-43-61(44-41-58)90-80-54-62(91-76-37-23-21-31-66(76)67-32-22-24-38-77(67)91)45-47-75(80)89-74-46-39-57(83-68-33-17-19-35-70(68)84(71-36-20-18-34-69(71)83)73-49-56-27-13-14-28-63(56)64-29-15-16-30-65(64)73)50-79(74)92(82-53-60(88(7,8)9)52-81(90)85(82)89)78-48-42-59(87(4,5)6)51-72(78)55-25-11-10-12-26-55/h10-54H,1-9H3. The second-order valence-electron chi connectivity index (χ2n) is 28.8. The molecule has 0 saturated heterocycles. The Bertz CT molecular complexity index is 5420. The smallest absolute Gasteiger partial charge is 0.252 e. The molecule has 0 fully saturated rings. The summed E-state index contributed by atoms with van der Waals surface area (Å²) in [6.45, 7) is 21.0. The molecule has 17 rings (SSSR count). The fraction of sp³-hybridized carbons (Fsp3) is 0.136. The lowest BCUT2D eigenvalue weighted by Gasteiger charge is -2.45. The molecule has 0 radical (unpaired) electrons. The molecule has 2 aliphatic heterocycles. The fourth-order valence-corrected chi connectivity index (χ4v) is 15.6. The van der Waals surface area contributed by atoms with Crippen LogP contribution in [0.25, 0.3) is 104 Å². The van der Waals surface area contributed by atoms with E-state index in [1.54, 1.807) is 0 Å². The summed E-state index contributed by atoms with van der Waals surface area (Å²) in [6, 6.07) is 104. The van der Waals surface area contributed by atoms with Crippen molar-refractivity contribution in [2.24, 2.45) is 0 Å². The molecule has 442 valence electrons. The molecule has 14 aromatic carbocycles. The molecule has 3 heterocycles. The Kier molecular flexibility index (Phi) is 12.4. The van der Waals surface area contributed by atoms with Gasteiger partial charge in [-0.25, -0.2) is 0 Å². The Balaban J connectivity index is 0.984. The van der Waals surface area contributed by atoms with E-state index in [0.717, 1.165) is 17.1 Å².